The van der Waals surface area contributed by atoms with Gasteiger partial charge in [0, 0.05) is 19.3 Å². The molecule has 0 bridgehead atoms. The van der Waals surface area contributed by atoms with Crippen LogP contribution in [0.3, 0.4) is 0 Å². The van der Waals surface area contributed by atoms with E-state index in [1.54, 1.807) is 0 Å². The Morgan fingerprint density at radius 3 is 0.823 bits per heavy atom. The van der Waals surface area contributed by atoms with Crippen molar-refractivity contribution >= 4 is 17.9 Å². The summed E-state index contributed by atoms with van der Waals surface area (Å²) in [6.45, 7) is 6.46. The van der Waals surface area contributed by atoms with Crippen LogP contribution in [-0.2, 0) is 28.6 Å². The molecule has 0 aromatic rings. The fraction of sp³-hybridized carbons (Fsp3) is 0.740. The largest absolute Gasteiger partial charge is 0.462 e. The van der Waals surface area contributed by atoms with E-state index in [0.717, 1.165) is 128 Å². The molecule has 0 aromatic heterocycles. The molecule has 454 valence electrons. The van der Waals surface area contributed by atoms with Crippen molar-refractivity contribution in [2.75, 3.05) is 13.2 Å². The van der Waals surface area contributed by atoms with Crippen molar-refractivity contribution in [2.24, 2.45) is 0 Å². The van der Waals surface area contributed by atoms with E-state index in [1.165, 1.54) is 161 Å². The van der Waals surface area contributed by atoms with Crippen LogP contribution in [0.1, 0.15) is 329 Å². The van der Waals surface area contributed by atoms with E-state index in [1.807, 2.05) is 0 Å². The van der Waals surface area contributed by atoms with E-state index < -0.39 is 6.10 Å². The molecule has 0 heterocycles. The van der Waals surface area contributed by atoms with Crippen molar-refractivity contribution in [1.82, 2.24) is 0 Å². The second kappa shape index (κ2) is 66.8. The quantitative estimate of drug-likeness (QED) is 0.0261. The first kappa shape index (κ1) is 75.3. The van der Waals surface area contributed by atoms with E-state index in [2.05, 4.69) is 118 Å². The summed E-state index contributed by atoms with van der Waals surface area (Å²) in [6, 6.07) is 0. The highest BCUT2D eigenvalue weighted by Crippen LogP contribution is 2.17. The second-order valence-corrected chi connectivity index (χ2v) is 22.3. The number of rotatable bonds is 61. The van der Waals surface area contributed by atoms with E-state index in [9.17, 15) is 14.4 Å². The molecule has 0 amide bonds. The van der Waals surface area contributed by atoms with Crippen LogP contribution in [0, 0.1) is 0 Å². The monoisotopic (exact) mass is 1100 g/mol. The predicted molar refractivity (Wildman–Crippen MR) is 344 cm³/mol. The molecule has 0 radical (unpaired) electrons. The Morgan fingerprint density at radius 2 is 0.519 bits per heavy atom. The normalized spacial score (nSPS) is 12.7. The summed E-state index contributed by atoms with van der Waals surface area (Å²) >= 11 is 0. The van der Waals surface area contributed by atoms with Crippen LogP contribution in [0.5, 0.6) is 0 Å². The highest BCUT2D eigenvalue weighted by molar-refractivity contribution is 5.71. The topological polar surface area (TPSA) is 78.9 Å². The van der Waals surface area contributed by atoms with Gasteiger partial charge >= 0.3 is 17.9 Å². The van der Waals surface area contributed by atoms with Crippen LogP contribution in [0.2, 0.25) is 0 Å². The maximum atomic E-state index is 12.9. The molecule has 79 heavy (non-hydrogen) atoms. The lowest BCUT2D eigenvalue weighted by Crippen LogP contribution is -2.30. The Morgan fingerprint density at radius 1 is 0.266 bits per heavy atom. The molecular weight excluding hydrogens is 973 g/mol. The van der Waals surface area contributed by atoms with Crippen LogP contribution in [-0.4, -0.2) is 37.2 Å². The maximum absolute atomic E-state index is 12.9. The van der Waals surface area contributed by atoms with E-state index in [4.69, 9.17) is 14.2 Å². The number of ether oxygens (including phenoxy) is 3. The van der Waals surface area contributed by atoms with Crippen LogP contribution >= 0.6 is 0 Å². The lowest BCUT2D eigenvalue weighted by Gasteiger charge is -2.18. The second-order valence-electron chi connectivity index (χ2n) is 22.3. The van der Waals surface area contributed by atoms with E-state index in [-0.39, 0.29) is 31.1 Å². The molecule has 0 saturated carbocycles. The molecule has 0 rings (SSSR count). The molecular formula is C73H126O6. The molecule has 0 aliphatic heterocycles. The third-order valence-electron chi connectivity index (χ3n) is 14.5. The van der Waals surface area contributed by atoms with Gasteiger partial charge < -0.3 is 14.2 Å². The predicted octanol–water partition coefficient (Wildman–Crippen LogP) is 23.2. The fourth-order valence-electron chi connectivity index (χ4n) is 9.50. The maximum Gasteiger partial charge on any atom is 0.306 e. The smallest absolute Gasteiger partial charge is 0.306 e. The summed E-state index contributed by atoms with van der Waals surface area (Å²) in [4.78, 5) is 38.3. The molecule has 6 heteroatoms. The molecule has 0 saturated heterocycles. The van der Waals surface area contributed by atoms with Gasteiger partial charge in [-0.15, -0.1) is 0 Å². The minimum atomic E-state index is -0.790. The molecule has 0 aliphatic rings. The summed E-state index contributed by atoms with van der Waals surface area (Å²) in [5.41, 5.74) is 0. The van der Waals surface area contributed by atoms with Crippen molar-refractivity contribution in [3.63, 3.8) is 0 Å². The summed E-state index contributed by atoms with van der Waals surface area (Å²) in [5, 5.41) is 0. The highest BCUT2D eigenvalue weighted by atomic mass is 16.6. The number of esters is 3. The van der Waals surface area contributed by atoms with Gasteiger partial charge in [-0.2, -0.15) is 0 Å². The Kier molecular flexibility index (Phi) is 63.7. The fourth-order valence-corrected chi connectivity index (χ4v) is 9.50. The number of unbranched alkanes of at least 4 members (excludes halogenated alkanes) is 34. The average molecular weight is 1100 g/mol. The Bertz CT molecular complexity index is 1540. The van der Waals surface area contributed by atoms with Gasteiger partial charge in [0.2, 0.25) is 0 Å². The number of hydrogen-bond donors (Lipinski definition) is 0. The minimum Gasteiger partial charge on any atom is -0.462 e. The highest BCUT2D eigenvalue weighted by Gasteiger charge is 2.19. The number of carbonyl (C=O) groups excluding carboxylic acids is 3. The SMILES string of the molecule is CC/C=C\C/C=C\C/C=C\CCCCCCCCCC(=O)OC(COC(=O)CCCCCCC/C=C\C/C=C\CCC)COC(=O)CCCCCCCCCCCCCCCCCC/C=C\C/C=C\C/C=C\CCCCCCC. The van der Waals surface area contributed by atoms with Gasteiger partial charge in [-0.1, -0.05) is 291 Å². The molecule has 1 unspecified atom stereocenters. The van der Waals surface area contributed by atoms with Gasteiger partial charge in [0.05, 0.1) is 0 Å². The van der Waals surface area contributed by atoms with E-state index in [0.29, 0.717) is 19.3 Å². The van der Waals surface area contributed by atoms with Gasteiger partial charge in [-0.05, 0) is 116 Å². The van der Waals surface area contributed by atoms with Gasteiger partial charge in [0.15, 0.2) is 6.10 Å². The third-order valence-corrected chi connectivity index (χ3v) is 14.5. The molecule has 0 fully saturated rings. The van der Waals surface area contributed by atoms with Crippen molar-refractivity contribution in [2.45, 2.75) is 335 Å². The molecule has 0 aliphatic carbocycles. The number of hydrogen-bond acceptors (Lipinski definition) is 6. The van der Waals surface area contributed by atoms with Gasteiger partial charge in [0.25, 0.3) is 0 Å². The first-order valence-electron chi connectivity index (χ1n) is 33.7. The summed E-state index contributed by atoms with van der Waals surface area (Å²) in [5.74, 6) is -0.899. The molecule has 6 nitrogen and oxygen atoms in total. The first-order valence-corrected chi connectivity index (χ1v) is 33.7. The summed E-state index contributed by atoms with van der Waals surface area (Å²) in [7, 11) is 0. The zero-order valence-corrected chi connectivity index (χ0v) is 52.1. The van der Waals surface area contributed by atoms with Crippen LogP contribution in [0.25, 0.3) is 0 Å². The Balaban J connectivity index is 4.21. The first-order chi connectivity index (χ1) is 39.0. The lowest BCUT2D eigenvalue weighted by molar-refractivity contribution is -0.167. The number of carbonyl (C=O) groups is 3. The Labute approximate surface area is 489 Å². The van der Waals surface area contributed by atoms with Crippen molar-refractivity contribution in [3.8, 4) is 0 Å². The molecule has 1 atom stereocenters. The van der Waals surface area contributed by atoms with Crippen LogP contribution in [0.15, 0.2) is 97.2 Å². The zero-order chi connectivity index (χ0) is 57.1. The summed E-state index contributed by atoms with van der Waals surface area (Å²) in [6.07, 6.45) is 90.0. The van der Waals surface area contributed by atoms with Crippen LogP contribution in [0.4, 0.5) is 0 Å². The molecule has 0 N–H and O–H groups in total. The average Bonchev–Trinajstić information content (AvgIpc) is 3.45. The van der Waals surface area contributed by atoms with Gasteiger partial charge in [-0.25, -0.2) is 0 Å². The Hall–Kier alpha value is -3.67. The molecule has 0 spiro atoms. The third kappa shape index (κ3) is 65.0. The van der Waals surface area contributed by atoms with Gasteiger partial charge in [-0.3, -0.25) is 14.4 Å². The lowest BCUT2D eigenvalue weighted by atomic mass is 10.0. The zero-order valence-electron chi connectivity index (χ0n) is 52.1. The van der Waals surface area contributed by atoms with Crippen LogP contribution < -0.4 is 0 Å². The van der Waals surface area contributed by atoms with Gasteiger partial charge in [0.1, 0.15) is 13.2 Å². The van der Waals surface area contributed by atoms with Crippen molar-refractivity contribution in [1.29, 1.82) is 0 Å². The minimum absolute atomic E-state index is 0.0846. The van der Waals surface area contributed by atoms with E-state index >= 15 is 0 Å². The number of allylic oxidation sites excluding steroid dienone is 16. The van der Waals surface area contributed by atoms with Crippen molar-refractivity contribution in [3.05, 3.63) is 97.2 Å². The summed E-state index contributed by atoms with van der Waals surface area (Å²) < 4.78 is 16.9. The molecule has 0 aromatic carbocycles. The van der Waals surface area contributed by atoms with Crippen molar-refractivity contribution < 1.29 is 28.6 Å². The standard InChI is InChI=1S/C73H126O6/c1-4-7-10-13-16-19-22-25-27-29-30-31-32-33-34-35-36-37-38-39-40-41-42-44-45-48-51-54-57-60-63-66-72(75)78-69-70(68-77-71(74)65-62-59-56-53-50-47-24-21-18-15-12-9-6-3)79-73(76)67-64-61-58-55-52-49-46-43-28-26-23-20-17-14-11-8-5-2/h8,11-12,15,17,20-22,24-26,28-30,32-33,70H,4-7,9-10,13-14,16,18-19,23,27,31,34-69H2,1-3H3/b11-8-,15-12-,20-17-,24-21-,25-22-,28-26-,30-29-,33-32-.